The normalized spacial score (nSPS) is 14.2. The first-order valence-electron chi connectivity index (χ1n) is 11.2. The van der Waals surface area contributed by atoms with Gasteiger partial charge in [-0.1, -0.05) is 43.2 Å². The highest BCUT2D eigenvalue weighted by atomic mass is 16.1. The molecule has 2 aromatic carbocycles. The van der Waals surface area contributed by atoms with Crippen molar-refractivity contribution >= 4 is 22.6 Å². The Bertz CT molecular complexity index is 1270. The van der Waals surface area contributed by atoms with E-state index >= 15 is 0 Å². The molecule has 1 aliphatic rings. The highest BCUT2D eigenvalue weighted by Crippen LogP contribution is 2.38. The number of amides is 1. The van der Waals surface area contributed by atoms with Gasteiger partial charge in [-0.15, -0.1) is 0 Å². The zero-order chi connectivity index (χ0) is 22.1. The van der Waals surface area contributed by atoms with Gasteiger partial charge in [0, 0.05) is 29.6 Å². The number of carbonyl (C=O) groups is 1. The molecule has 32 heavy (non-hydrogen) atoms. The van der Waals surface area contributed by atoms with Gasteiger partial charge >= 0.3 is 0 Å². The Kier molecular flexibility index (Phi) is 5.35. The van der Waals surface area contributed by atoms with Crippen LogP contribution in [0.2, 0.25) is 0 Å². The van der Waals surface area contributed by atoms with Crippen LogP contribution in [0.3, 0.4) is 0 Å². The van der Waals surface area contributed by atoms with E-state index in [-0.39, 0.29) is 5.91 Å². The minimum absolute atomic E-state index is 0.0645. The fourth-order valence-electron chi connectivity index (χ4n) is 4.66. The van der Waals surface area contributed by atoms with Crippen molar-refractivity contribution in [1.29, 1.82) is 0 Å². The Morgan fingerprint density at radius 3 is 2.59 bits per heavy atom. The van der Waals surface area contributed by atoms with Crippen LogP contribution in [0, 0.1) is 6.92 Å². The van der Waals surface area contributed by atoms with Gasteiger partial charge < -0.3 is 11.1 Å². The first kappa shape index (κ1) is 20.2. The zero-order valence-electron chi connectivity index (χ0n) is 18.2. The highest BCUT2D eigenvalue weighted by molar-refractivity contribution is 5.95. The summed E-state index contributed by atoms with van der Waals surface area (Å²) in [6.07, 6.45) is 6.62. The van der Waals surface area contributed by atoms with E-state index in [1.165, 1.54) is 25.7 Å². The molecule has 0 spiro atoms. The third-order valence-corrected chi connectivity index (χ3v) is 6.41. The fraction of sp³-hybridized carbons (Fsp3) is 0.269. The molecule has 6 heteroatoms. The first-order chi connectivity index (χ1) is 15.6. The number of hydrogen-bond acceptors (Lipinski definition) is 4. The van der Waals surface area contributed by atoms with Gasteiger partial charge in [0.2, 0.25) is 0 Å². The van der Waals surface area contributed by atoms with Gasteiger partial charge in [-0.2, -0.15) is 5.10 Å². The monoisotopic (exact) mass is 425 g/mol. The molecule has 2 aromatic heterocycles. The summed E-state index contributed by atoms with van der Waals surface area (Å²) >= 11 is 0. The van der Waals surface area contributed by atoms with Crippen molar-refractivity contribution in [3.05, 3.63) is 83.2 Å². The summed E-state index contributed by atoms with van der Waals surface area (Å²) in [7, 11) is 0. The summed E-state index contributed by atoms with van der Waals surface area (Å²) < 4.78 is 1.92. The van der Waals surface area contributed by atoms with E-state index in [0.29, 0.717) is 23.8 Å². The Balaban J connectivity index is 1.39. The second-order valence-corrected chi connectivity index (χ2v) is 8.53. The van der Waals surface area contributed by atoms with Crippen molar-refractivity contribution in [3.63, 3.8) is 0 Å². The number of carbonyl (C=O) groups excluding carboxylic acids is 1. The molecule has 162 valence electrons. The molecule has 0 saturated heterocycles. The summed E-state index contributed by atoms with van der Waals surface area (Å²) in [5, 5.41) is 9.08. The Labute approximate surface area is 187 Å². The van der Waals surface area contributed by atoms with Crippen molar-refractivity contribution in [2.75, 3.05) is 5.73 Å². The number of nitrogens with zero attached hydrogens (tertiary/aromatic N) is 3. The average molecular weight is 426 g/mol. The number of benzene rings is 2. The first-order valence-corrected chi connectivity index (χ1v) is 11.2. The number of nitrogens with two attached hydrogens (primary N) is 1. The smallest absolute Gasteiger partial charge is 0.251 e. The number of hydrogen-bond donors (Lipinski definition) is 2. The van der Waals surface area contributed by atoms with E-state index in [1.807, 2.05) is 66.2 Å². The van der Waals surface area contributed by atoms with Gasteiger partial charge in [0.1, 0.15) is 11.3 Å². The van der Waals surface area contributed by atoms with Crippen LogP contribution in [-0.2, 0) is 6.54 Å². The molecule has 1 fully saturated rings. The molecule has 1 aliphatic carbocycles. The predicted molar refractivity (Wildman–Crippen MR) is 127 cm³/mol. The van der Waals surface area contributed by atoms with Crippen LogP contribution in [0.1, 0.15) is 58.8 Å². The van der Waals surface area contributed by atoms with Crippen LogP contribution in [0.4, 0.5) is 5.82 Å². The van der Waals surface area contributed by atoms with E-state index in [1.54, 1.807) is 6.20 Å². The van der Waals surface area contributed by atoms with Crippen LogP contribution in [0.15, 0.2) is 60.8 Å². The minimum atomic E-state index is -0.0645. The van der Waals surface area contributed by atoms with Crippen LogP contribution >= 0.6 is 0 Å². The number of anilines is 1. The Hall–Kier alpha value is -3.67. The van der Waals surface area contributed by atoms with Gasteiger partial charge in [0.05, 0.1) is 11.4 Å². The topological polar surface area (TPSA) is 85.8 Å². The van der Waals surface area contributed by atoms with Gasteiger partial charge in [0.15, 0.2) is 0 Å². The third kappa shape index (κ3) is 3.73. The highest BCUT2D eigenvalue weighted by Gasteiger charge is 2.24. The Morgan fingerprint density at radius 1 is 1.09 bits per heavy atom. The summed E-state index contributed by atoms with van der Waals surface area (Å²) in [6.45, 7) is 2.41. The molecule has 0 radical (unpaired) electrons. The number of nitrogen functional groups attached to an aromatic ring is 1. The largest absolute Gasteiger partial charge is 0.382 e. The van der Waals surface area contributed by atoms with Gasteiger partial charge in [-0.05, 0) is 55.2 Å². The molecule has 0 atom stereocenters. The van der Waals surface area contributed by atoms with Crippen molar-refractivity contribution in [3.8, 4) is 5.69 Å². The second-order valence-electron chi connectivity index (χ2n) is 8.53. The molecule has 0 unspecified atom stereocenters. The van der Waals surface area contributed by atoms with Crippen molar-refractivity contribution < 1.29 is 4.79 Å². The Morgan fingerprint density at radius 2 is 1.84 bits per heavy atom. The molecular formula is C26H27N5O. The molecule has 1 saturated carbocycles. The SMILES string of the molecule is Cc1ccccc1C(=O)NCc1ccc(-n2nc(C3CCCC3)c3ccnc(N)c32)cc1. The van der Waals surface area contributed by atoms with Gasteiger partial charge in [-0.3, -0.25) is 4.79 Å². The number of nitrogens with one attached hydrogen (secondary N) is 1. The number of fused-ring (bicyclic) bond motifs is 1. The number of pyridine rings is 1. The van der Waals surface area contributed by atoms with E-state index in [2.05, 4.69) is 10.3 Å². The van der Waals surface area contributed by atoms with Crippen LogP contribution in [-0.4, -0.2) is 20.7 Å². The van der Waals surface area contributed by atoms with Crippen LogP contribution < -0.4 is 11.1 Å². The molecule has 3 N–H and O–H groups in total. The van der Waals surface area contributed by atoms with E-state index in [9.17, 15) is 4.79 Å². The number of aryl methyl sites for hydroxylation is 1. The number of rotatable bonds is 5. The lowest BCUT2D eigenvalue weighted by Gasteiger charge is -2.09. The summed E-state index contributed by atoms with van der Waals surface area (Å²) in [4.78, 5) is 16.8. The van der Waals surface area contributed by atoms with Crippen LogP contribution in [0.5, 0.6) is 0 Å². The number of aromatic nitrogens is 3. The van der Waals surface area contributed by atoms with Gasteiger partial charge in [-0.25, -0.2) is 9.67 Å². The third-order valence-electron chi connectivity index (χ3n) is 6.41. The molecule has 2 heterocycles. The van der Waals surface area contributed by atoms with Crippen LogP contribution in [0.25, 0.3) is 16.6 Å². The van der Waals surface area contributed by atoms with E-state index < -0.39 is 0 Å². The predicted octanol–water partition coefficient (Wildman–Crippen LogP) is 4.90. The quantitative estimate of drug-likeness (QED) is 0.476. The van der Waals surface area contributed by atoms with Crippen molar-refractivity contribution in [1.82, 2.24) is 20.1 Å². The lowest BCUT2D eigenvalue weighted by Crippen LogP contribution is -2.23. The zero-order valence-corrected chi connectivity index (χ0v) is 18.2. The molecule has 1 amide bonds. The molecule has 0 bridgehead atoms. The minimum Gasteiger partial charge on any atom is -0.382 e. The van der Waals surface area contributed by atoms with Crippen molar-refractivity contribution in [2.45, 2.75) is 45.1 Å². The molecule has 5 rings (SSSR count). The summed E-state index contributed by atoms with van der Waals surface area (Å²) in [6, 6.07) is 17.7. The lowest BCUT2D eigenvalue weighted by atomic mass is 10.0. The molecule has 4 aromatic rings. The summed E-state index contributed by atoms with van der Waals surface area (Å²) in [5.74, 6) is 0.913. The van der Waals surface area contributed by atoms with Gasteiger partial charge in [0.25, 0.3) is 5.91 Å². The maximum atomic E-state index is 12.5. The summed E-state index contributed by atoms with van der Waals surface area (Å²) in [5.41, 5.74) is 11.9. The maximum absolute atomic E-state index is 12.5. The molecule has 6 nitrogen and oxygen atoms in total. The fourth-order valence-corrected chi connectivity index (χ4v) is 4.66. The molecular weight excluding hydrogens is 398 g/mol. The lowest BCUT2D eigenvalue weighted by molar-refractivity contribution is 0.0950. The standard InChI is InChI=1S/C26H27N5O/c1-17-6-2-5-9-21(17)26(32)29-16-18-10-12-20(13-11-18)31-24-22(14-15-28-25(24)27)23(30-31)19-7-3-4-8-19/h2,5-6,9-15,19H,3-4,7-8,16H2,1H3,(H2,27,28)(H,29,32). The second kappa shape index (κ2) is 8.46. The maximum Gasteiger partial charge on any atom is 0.251 e. The van der Waals surface area contributed by atoms with E-state index in [4.69, 9.17) is 10.8 Å². The van der Waals surface area contributed by atoms with Crippen molar-refractivity contribution in [2.24, 2.45) is 0 Å². The van der Waals surface area contributed by atoms with E-state index in [0.717, 1.165) is 33.4 Å². The average Bonchev–Trinajstić information content (AvgIpc) is 3.47. The molecule has 0 aliphatic heterocycles.